The molecular weight excluding hydrogens is 633 g/mol. The number of likely N-dealkylation sites (tertiary alicyclic amines) is 1. The molecule has 13 nitrogen and oxygen atoms in total. The van der Waals surface area contributed by atoms with Gasteiger partial charge >= 0.3 is 0 Å². The second-order valence-corrected chi connectivity index (χ2v) is 16.0. The number of hydrogen-bond donors (Lipinski definition) is 3. The van der Waals surface area contributed by atoms with Gasteiger partial charge in [-0.1, -0.05) is 0 Å². The van der Waals surface area contributed by atoms with Gasteiger partial charge in [0.05, 0.1) is 48.1 Å². The highest BCUT2D eigenvalue weighted by Gasteiger charge is 2.60. The van der Waals surface area contributed by atoms with Gasteiger partial charge in [0.15, 0.2) is 5.78 Å². The molecule has 3 saturated carbocycles. The molecule has 4 heterocycles. The Morgan fingerprint density at radius 3 is 2.65 bits per heavy atom. The highest BCUT2D eigenvalue weighted by molar-refractivity contribution is 6.20. The molecule has 6 fully saturated rings. The number of ether oxygens (including phenoxy) is 2. The van der Waals surface area contributed by atoms with Crippen LogP contribution >= 0.6 is 0 Å². The van der Waals surface area contributed by atoms with Gasteiger partial charge in [0.2, 0.25) is 6.04 Å². The van der Waals surface area contributed by atoms with E-state index in [1.807, 2.05) is 14.1 Å². The first-order chi connectivity index (χ1) is 23.6. The van der Waals surface area contributed by atoms with Gasteiger partial charge < -0.3 is 40.1 Å². The van der Waals surface area contributed by atoms with Crippen LogP contribution in [0.1, 0.15) is 70.6 Å². The van der Waals surface area contributed by atoms with Crippen LogP contribution in [0.3, 0.4) is 0 Å². The Morgan fingerprint density at radius 2 is 1.90 bits per heavy atom. The Bertz CT molecular complexity index is 1270. The molecule has 3 N–H and O–H groups in total. The summed E-state index contributed by atoms with van der Waals surface area (Å²) in [5, 5.41) is 21.9. The summed E-state index contributed by atoms with van der Waals surface area (Å²) in [4.78, 5) is 45.6. The fourth-order valence-electron chi connectivity index (χ4n) is 10.1. The zero-order chi connectivity index (χ0) is 34.4. The molecule has 274 valence electrons. The molecule has 7 aliphatic rings. The molecule has 3 aliphatic carbocycles. The van der Waals surface area contributed by atoms with Gasteiger partial charge in [-0.25, -0.2) is 4.39 Å². The van der Waals surface area contributed by atoms with E-state index in [9.17, 15) is 19.7 Å². The van der Waals surface area contributed by atoms with Crippen molar-refractivity contribution in [1.29, 1.82) is 0 Å². The molecule has 0 aromatic heterocycles. The van der Waals surface area contributed by atoms with Crippen LogP contribution in [0.4, 0.5) is 4.39 Å². The standard InChI is InChI=1S/C35H56FN7O6/c1-40(2)13-5-4-11-38-35(45)23-19-42-27-18-29-26(39-25-9-8-21(43(46)47)15-28(25)48-29)17-30(27)49-34-31(24(36)16-22(32(34)42)33(23)44)37-12-10-20-7-6-14-41(20)3/h19-22,24-32,34,37,39H,4-18H2,1-3H3,(H,38,45). The first kappa shape index (κ1) is 35.2. The van der Waals surface area contributed by atoms with Crippen molar-refractivity contribution in [2.75, 3.05) is 47.3 Å². The van der Waals surface area contributed by atoms with Crippen molar-refractivity contribution in [2.45, 2.75) is 144 Å². The predicted octanol–water partition coefficient (Wildman–Crippen LogP) is 1.24. The summed E-state index contributed by atoms with van der Waals surface area (Å²) in [6.07, 6.45) is 7.15. The summed E-state index contributed by atoms with van der Waals surface area (Å²) < 4.78 is 29.8. The Balaban J connectivity index is 1.11. The number of carbonyl (C=O) groups is 2. The van der Waals surface area contributed by atoms with Crippen LogP contribution < -0.4 is 16.0 Å². The molecule has 0 aromatic rings. The lowest BCUT2D eigenvalue weighted by molar-refractivity contribution is -0.529. The molecule has 14 heteroatoms. The number of rotatable bonds is 11. The molecule has 0 aromatic carbocycles. The van der Waals surface area contributed by atoms with Gasteiger partial charge in [-0.05, 0) is 98.6 Å². The summed E-state index contributed by atoms with van der Waals surface area (Å²) in [7, 11) is 6.17. The third-order valence-electron chi connectivity index (χ3n) is 12.7. The van der Waals surface area contributed by atoms with Crippen LogP contribution in [0.25, 0.3) is 0 Å². The maximum Gasteiger partial charge on any atom is 0.256 e. The highest BCUT2D eigenvalue weighted by atomic mass is 19.1. The van der Waals surface area contributed by atoms with E-state index in [1.54, 1.807) is 6.20 Å². The summed E-state index contributed by atoms with van der Waals surface area (Å²) >= 11 is 0. The molecule has 7 rings (SSSR count). The molecule has 0 bridgehead atoms. The van der Waals surface area contributed by atoms with E-state index in [0.29, 0.717) is 51.2 Å². The minimum Gasteiger partial charge on any atom is -0.371 e. The fraction of sp³-hybridized carbons (Fsp3) is 0.886. The predicted molar refractivity (Wildman–Crippen MR) is 180 cm³/mol. The number of nitrogens with one attached hydrogen (secondary N) is 3. The number of fused-ring (bicyclic) bond motifs is 4. The van der Waals surface area contributed by atoms with E-state index in [-0.39, 0.29) is 59.1 Å². The number of carbonyl (C=O) groups excluding carboxylic acids is 2. The SMILES string of the molecule is CN(C)CCCCNC(=O)C1=CN2C3CC4OC5CC([N+](=O)[O-])CCC5NC4CC3OC3C(NCCC4CCCN4C)C(F)CC(C1=O)C32. The first-order valence-corrected chi connectivity index (χ1v) is 18.8. The van der Waals surface area contributed by atoms with Crippen molar-refractivity contribution >= 4 is 11.7 Å². The quantitative estimate of drug-likeness (QED) is 0.125. The van der Waals surface area contributed by atoms with E-state index >= 15 is 4.39 Å². The van der Waals surface area contributed by atoms with E-state index < -0.39 is 42.2 Å². The van der Waals surface area contributed by atoms with Crippen molar-refractivity contribution in [3.05, 3.63) is 21.9 Å². The van der Waals surface area contributed by atoms with Gasteiger partial charge in [-0.2, -0.15) is 0 Å². The molecule has 3 saturated heterocycles. The Hall–Kier alpha value is -2.23. The van der Waals surface area contributed by atoms with Crippen molar-refractivity contribution in [2.24, 2.45) is 5.92 Å². The first-order valence-electron chi connectivity index (χ1n) is 18.8. The lowest BCUT2D eigenvalue weighted by atomic mass is 9.69. The summed E-state index contributed by atoms with van der Waals surface area (Å²) in [5.41, 5.74) is 0.0992. The maximum absolute atomic E-state index is 16.3. The van der Waals surface area contributed by atoms with Gasteiger partial charge in [0.25, 0.3) is 5.91 Å². The molecule has 0 spiro atoms. The van der Waals surface area contributed by atoms with E-state index in [4.69, 9.17) is 9.47 Å². The number of hydrogen-bond acceptors (Lipinski definition) is 11. The van der Waals surface area contributed by atoms with E-state index in [1.165, 1.54) is 6.42 Å². The average Bonchev–Trinajstić information content (AvgIpc) is 3.48. The molecule has 0 radical (unpaired) electrons. The number of morpholine rings is 2. The maximum atomic E-state index is 16.3. The minimum absolute atomic E-state index is 0.0106. The van der Waals surface area contributed by atoms with Crippen LogP contribution in [-0.4, -0.2) is 152 Å². The third kappa shape index (κ3) is 7.15. The number of ketones is 1. The van der Waals surface area contributed by atoms with E-state index in [2.05, 4.69) is 37.7 Å². The van der Waals surface area contributed by atoms with Gasteiger partial charge in [-0.15, -0.1) is 0 Å². The van der Waals surface area contributed by atoms with Crippen molar-refractivity contribution in [3.8, 4) is 0 Å². The second kappa shape index (κ2) is 14.8. The Morgan fingerprint density at radius 1 is 1.08 bits per heavy atom. The van der Waals surface area contributed by atoms with Gasteiger partial charge in [0, 0.05) is 54.6 Å². The molecular formula is C35H56FN7O6. The number of nitrogens with zero attached hydrogens (tertiary/aromatic N) is 4. The zero-order valence-electron chi connectivity index (χ0n) is 29.3. The number of amides is 1. The normalized spacial score (nSPS) is 41.7. The molecule has 49 heavy (non-hydrogen) atoms. The minimum atomic E-state index is -1.28. The number of halogens is 1. The lowest BCUT2D eigenvalue weighted by Crippen LogP contribution is -2.75. The van der Waals surface area contributed by atoms with Crippen molar-refractivity contribution in [1.82, 2.24) is 30.7 Å². The second-order valence-electron chi connectivity index (χ2n) is 16.0. The Labute approximate surface area is 289 Å². The largest absolute Gasteiger partial charge is 0.371 e. The smallest absolute Gasteiger partial charge is 0.256 e. The third-order valence-corrected chi connectivity index (χ3v) is 12.7. The van der Waals surface area contributed by atoms with Crippen LogP contribution in [0.5, 0.6) is 0 Å². The molecule has 13 unspecified atom stereocenters. The van der Waals surface area contributed by atoms with Crippen LogP contribution in [0.2, 0.25) is 0 Å². The monoisotopic (exact) mass is 689 g/mol. The summed E-state index contributed by atoms with van der Waals surface area (Å²) in [5.74, 6) is -1.39. The highest BCUT2D eigenvalue weighted by Crippen LogP contribution is 2.47. The molecule has 1 amide bonds. The number of alkyl halides is 1. The topological polar surface area (TPSA) is 142 Å². The van der Waals surface area contributed by atoms with Crippen molar-refractivity contribution in [3.63, 3.8) is 0 Å². The number of Topliss-reactive ketones (excluding diaryl/α,β-unsaturated/α-hetero) is 1. The van der Waals surface area contributed by atoms with Gasteiger partial charge in [-0.3, -0.25) is 19.7 Å². The molecule has 4 aliphatic heterocycles. The van der Waals surface area contributed by atoms with Crippen LogP contribution in [-0.2, 0) is 19.1 Å². The van der Waals surface area contributed by atoms with Crippen LogP contribution in [0, 0.1) is 16.0 Å². The summed E-state index contributed by atoms with van der Waals surface area (Å²) in [6.45, 7) is 3.14. The fourth-order valence-corrected chi connectivity index (χ4v) is 10.1. The van der Waals surface area contributed by atoms with Crippen LogP contribution in [0.15, 0.2) is 11.8 Å². The molecule has 13 atom stereocenters. The number of unbranched alkanes of at least 4 members (excludes halogenated alkanes) is 1. The Kier molecular flexibility index (Phi) is 10.6. The van der Waals surface area contributed by atoms with E-state index in [0.717, 1.165) is 38.8 Å². The number of nitro groups is 1. The lowest BCUT2D eigenvalue weighted by Gasteiger charge is -2.61. The van der Waals surface area contributed by atoms with Crippen molar-refractivity contribution < 1.29 is 28.4 Å². The van der Waals surface area contributed by atoms with Gasteiger partial charge in [0.1, 0.15) is 6.17 Å². The average molecular weight is 690 g/mol. The zero-order valence-corrected chi connectivity index (χ0v) is 29.3. The summed E-state index contributed by atoms with van der Waals surface area (Å²) in [6, 6.07) is -1.16.